The molecule has 0 unspecified atom stereocenters. The van der Waals surface area contributed by atoms with Crippen molar-refractivity contribution in [2.75, 3.05) is 33.6 Å². The standard InChI is InChI=1S/C29H26F2N4O4/c1-35(2)29(34-21-8-6-20(30)7-9-21)33-16-19(17-36)18-5-10-26(23(31)13-18)39-25-11-12-32-24-15-28(38-4)27(37-3)14-22(24)25/h5-17H,1-4H3,(H,33,34)/b19-16+. The van der Waals surface area contributed by atoms with Crippen LogP contribution in [-0.4, -0.2) is 50.4 Å². The third-order valence-corrected chi connectivity index (χ3v) is 5.67. The summed E-state index contributed by atoms with van der Waals surface area (Å²) in [6.07, 6.45) is 3.45. The third-order valence-electron chi connectivity index (χ3n) is 5.67. The average molecular weight is 533 g/mol. The zero-order chi connectivity index (χ0) is 27.9. The molecule has 0 aliphatic carbocycles. The smallest absolute Gasteiger partial charge is 0.202 e. The second kappa shape index (κ2) is 12.0. The zero-order valence-corrected chi connectivity index (χ0v) is 21.7. The van der Waals surface area contributed by atoms with E-state index >= 15 is 4.39 Å². The number of aromatic nitrogens is 1. The number of nitrogens with zero attached hydrogens (tertiary/aromatic N) is 3. The van der Waals surface area contributed by atoms with Crippen LogP contribution < -0.4 is 19.5 Å². The number of guanidine groups is 1. The second-order valence-corrected chi connectivity index (χ2v) is 8.46. The molecule has 8 nitrogen and oxygen atoms in total. The summed E-state index contributed by atoms with van der Waals surface area (Å²) in [5.74, 6) is 0.661. The number of ether oxygens (including phenoxy) is 3. The SMILES string of the molecule is COc1cc2nccc(Oc3ccc(/C(C=O)=C/N=C(Nc4ccc(F)cc4)N(C)C)cc3F)c2cc1OC. The average Bonchev–Trinajstić information content (AvgIpc) is 2.94. The first-order valence-corrected chi connectivity index (χ1v) is 11.7. The van der Waals surface area contributed by atoms with Crippen LogP contribution in [0.1, 0.15) is 5.56 Å². The Morgan fingerprint density at radius 2 is 1.64 bits per heavy atom. The minimum Gasteiger partial charge on any atom is -0.493 e. The fourth-order valence-electron chi connectivity index (χ4n) is 3.64. The number of aliphatic imine (C=N–C) groups is 1. The molecule has 0 atom stereocenters. The number of carbonyl (C=O) groups excluding carboxylic acids is 1. The molecule has 0 radical (unpaired) electrons. The number of allylic oxidation sites excluding steroid dienone is 1. The molecule has 0 saturated carbocycles. The lowest BCUT2D eigenvalue weighted by atomic mass is 10.1. The van der Waals surface area contributed by atoms with Crippen LogP contribution in [0.5, 0.6) is 23.0 Å². The lowest BCUT2D eigenvalue weighted by molar-refractivity contribution is -0.103. The molecule has 10 heteroatoms. The van der Waals surface area contributed by atoms with Gasteiger partial charge in [0.25, 0.3) is 0 Å². The van der Waals surface area contributed by atoms with Crippen molar-refractivity contribution in [3.05, 3.63) is 90.3 Å². The van der Waals surface area contributed by atoms with Gasteiger partial charge < -0.3 is 24.4 Å². The summed E-state index contributed by atoms with van der Waals surface area (Å²) in [6.45, 7) is 0. The van der Waals surface area contributed by atoms with Gasteiger partial charge in [-0.1, -0.05) is 6.07 Å². The first-order chi connectivity index (χ1) is 18.8. The number of benzene rings is 3. The van der Waals surface area contributed by atoms with Gasteiger partial charge in [0.2, 0.25) is 5.96 Å². The van der Waals surface area contributed by atoms with Crippen LogP contribution in [-0.2, 0) is 4.79 Å². The van der Waals surface area contributed by atoms with E-state index < -0.39 is 5.82 Å². The van der Waals surface area contributed by atoms with Gasteiger partial charge >= 0.3 is 0 Å². The maximum absolute atomic E-state index is 15.1. The van der Waals surface area contributed by atoms with E-state index in [4.69, 9.17) is 14.2 Å². The van der Waals surface area contributed by atoms with E-state index in [0.717, 1.165) is 0 Å². The molecule has 1 heterocycles. The van der Waals surface area contributed by atoms with E-state index in [1.807, 2.05) is 0 Å². The lowest BCUT2D eigenvalue weighted by Crippen LogP contribution is -2.29. The minimum atomic E-state index is -0.674. The summed E-state index contributed by atoms with van der Waals surface area (Å²) >= 11 is 0. The second-order valence-electron chi connectivity index (χ2n) is 8.46. The summed E-state index contributed by atoms with van der Waals surface area (Å²) in [5, 5.41) is 3.65. The number of nitrogens with one attached hydrogen (secondary N) is 1. The molecule has 200 valence electrons. The van der Waals surface area contributed by atoms with Gasteiger partial charge in [-0.3, -0.25) is 9.78 Å². The number of methoxy groups -OCH3 is 2. The molecule has 1 N–H and O–H groups in total. The van der Waals surface area contributed by atoms with Crippen molar-refractivity contribution in [1.29, 1.82) is 0 Å². The van der Waals surface area contributed by atoms with Crippen LogP contribution in [0.2, 0.25) is 0 Å². The predicted molar refractivity (Wildman–Crippen MR) is 147 cm³/mol. The summed E-state index contributed by atoms with van der Waals surface area (Å²) in [5.41, 5.74) is 1.64. The molecule has 0 bridgehead atoms. The number of hydrogen-bond donors (Lipinski definition) is 1. The Morgan fingerprint density at radius 1 is 0.923 bits per heavy atom. The fourth-order valence-corrected chi connectivity index (χ4v) is 3.64. The van der Waals surface area contributed by atoms with E-state index in [1.54, 1.807) is 61.6 Å². The third kappa shape index (κ3) is 6.30. The van der Waals surface area contributed by atoms with Crippen molar-refractivity contribution < 1.29 is 27.8 Å². The molecular formula is C29H26F2N4O4. The lowest BCUT2D eigenvalue weighted by Gasteiger charge is -2.17. The molecule has 4 aromatic rings. The van der Waals surface area contributed by atoms with Gasteiger partial charge in [0.15, 0.2) is 29.4 Å². The maximum atomic E-state index is 15.1. The van der Waals surface area contributed by atoms with Crippen LogP contribution in [0.25, 0.3) is 16.5 Å². The van der Waals surface area contributed by atoms with Crippen LogP contribution in [0.4, 0.5) is 14.5 Å². The van der Waals surface area contributed by atoms with Crippen molar-refractivity contribution in [3.8, 4) is 23.0 Å². The fraction of sp³-hybridized carbons (Fsp3) is 0.138. The quantitative estimate of drug-likeness (QED) is 0.131. The van der Waals surface area contributed by atoms with Gasteiger partial charge in [0, 0.05) is 49.2 Å². The number of pyridine rings is 1. The first-order valence-electron chi connectivity index (χ1n) is 11.7. The number of anilines is 1. The van der Waals surface area contributed by atoms with Crippen LogP contribution in [0, 0.1) is 11.6 Å². The van der Waals surface area contributed by atoms with Crippen molar-refractivity contribution >= 4 is 34.4 Å². The molecule has 3 aromatic carbocycles. The van der Waals surface area contributed by atoms with Crippen LogP contribution in [0.15, 0.2) is 78.1 Å². The van der Waals surface area contributed by atoms with Gasteiger partial charge in [-0.15, -0.1) is 0 Å². The van der Waals surface area contributed by atoms with Gasteiger partial charge in [-0.25, -0.2) is 13.8 Å². The van der Waals surface area contributed by atoms with Crippen molar-refractivity contribution in [2.45, 2.75) is 0 Å². The van der Waals surface area contributed by atoms with E-state index in [1.165, 1.54) is 44.7 Å². The summed E-state index contributed by atoms with van der Waals surface area (Å²) < 4.78 is 44.9. The van der Waals surface area contributed by atoms with Gasteiger partial charge in [-0.05, 0) is 54.1 Å². The highest BCUT2D eigenvalue weighted by molar-refractivity contribution is 6.07. The van der Waals surface area contributed by atoms with Gasteiger partial charge in [-0.2, -0.15) is 0 Å². The number of halogens is 2. The number of fused-ring (bicyclic) bond motifs is 1. The molecule has 0 amide bonds. The normalized spacial score (nSPS) is 11.7. The Balaban J connectivity index is 1.61. The van der Waals surface area contributed by atoms with Gasteiger partial charge in [0.1, 0.15) is 11.6 Å². The predicted octanol–water partition coefficient (Wildman–Crippen LogP) is 5.89. The Hall–Kier alpha value is -4.99. The summed E-state index contributed by atoms with van der Waals surface area (Å²) in [7, 11) is 6.55. The van der Waals surface area contributed by atoms with Crippen LogP contribution >= 0.6 is 0 Å². The molecule has 0 saturated heterocycles. The maximum Gasteiger partial charge on any atom is 0.202 e. The highest BCUT2D eigenvalue weighted by Crippen LogP contribution is 2.37. The Kier molecular flexibility index (Phi) is 8.35. The molecule has 4 rings (SSSR count). The molecule has 0 aliphatic heterocycles. The van der Waals surface area contributed by atoms with Crippen molar-refractivity contribution in [1.82, 2.24) is 9.88 Å². The van der Waals surface area contributed by atoms with E-state index in [2.05, 4.69) is 15.3 Å². The molecule has 0 fully saturated rings. The summed E-state index contributed by atoms with van der Waals surface area (Å²) in [6, 6.07) is 15.0. The number of carbonyl (C=O) groups is 1. The number of aldehydes is 1. The largest absolute Gasteiger partial charge is 0.493 e. The molecule has 39 heavy (non-hydrogen) atoms. The first kappa shape index (κ1) is 27.1. The van der Waals surface area contributed by atoms with E-state index in [9.17, 15) is 9.18 Å². The number of rotatable bonds is 8. The highest BCUT2D eigenvalue weighted by atomic mass is 19.1. The summed E-state index contributed by atoms with van der Waals surface area (Å²) in [4.78, 5) is 22.2. The Labute approximate surface area is 224 Å². The van der Waals surface area contributed by atoms with E-state index in [-0.39, 0.29) is 17.1 Å². The number of hydrogen-bond acceptors (Lipinski definition) is 6. The topological polar surface area (TPSA) is 85.3 Å². The molecule has 0 spiro atoms. The van der Waals surface area contributed by atoms with E-state index in [0.29, 0.717) is 51.6 Å². The molecule has 0 aliphatic rings. The zero-order valence-electron chi connectivity index (χ0n) is 21.7. The highest BCUT2D eigenvalue weighted by Gasteiger charge is 2.14. The van der Waals surface area contributed by atoms with Gasteiger partial charge in [0.05, 0.1) is 19.7 Å². The molecular weight excluding hydrogens is 506 g/mol. The molecule has 1 aromatic heterocycles. The van der Waals surface area contributed by atoms with Crippen molar-refractivity contribution in [3.63, 3.8) is 0 Å². The Morgan fingerprint density at radius 3 is 2.28 bits per heavy atom. The minimum absolute atomic E-state index is 0.0401. The monoisotopic (exact) mass is 532 g/mol. The van der Waals surface area contributed by atoms with Crippen LogP contribution in [0.3, 0.4) is 0 Å². The van der Waals surface area contributed by atoms with Crippen molar-refractivity contribution in [2.24, 2.45) is 4.99 Å². The Bertz CT molecular complexity index is 1550.